The lowest BCUT2D eigenvalue weighted by atomic mass is 10.1. The van der Waals surface area contributed by atoms with Gasteiger partial charge in [-0.3, -0.25) is 4.79 Å². The lowest BCUT2D eigenvalue weighted by Gasteiger charge is -1.98. The molecule has 0 saturated carbocycles. The van der Waals surface area contributed by atoms with E-state index in [1.165, 1.54) is 6.92 Å². The largest absolute Gasteiger partial charge is 0.295 e. The van der Waals surface area contributed by atoms with Gasteiger partial charge in [0.15, 0.2) is 5.78 Å². The Morgan fingerprint density at radius 3 is 2.39 bits per heavy atom. The zero-order valence-corrected chi connectivity index (χ0v) is 11.2. The number of ketones is 1. The second-order valence-electron chi connectivity index (χ2n) is 3.66. The van der Waals surface area contributed by atoms with E-state index in [0.717, 1.165) is 5.56 Å². The normalized spacial score (nSPS) is 10.6. The third-order valence-corrected chi connectivity index (χ3v) is 3.63. The SMILES string of the molecule is CCS(=O)(=O)NCC#Cc1ccc(C(C)=O)cc1. The summed E-state index contributed by atoms with van der Waals surface area (Å²) in [6.45, 7) is 3.15. The van der Waals surface area contributed by atoms with Gasteiger partial charge < -0.3 is 0 Å². The van der Waals surface area contributed by atoms with E-state index in [4.69, 9.17) is 0 Å². The smallest absolute Gasteiger partial charge is 0.212 e. The van der Waals surface area contributed by atoms with E-state index in [2.05, 4.69) is 16.6 Å². The molecule has 0 aliphatic carbocycles. The third-order valence-electron chi connectivity index (χ3n) is 2.28. The molecule has 0 spiro atoms. The minimum atomic E-state index is -3.19. The van der Waals surface area contributed by atoms with E-state index in [0.29, 0.717) is 5.56 Å². The highest BCUT2D eigenvalue weighted by Crippen LogP contribution is 2.03. The van der Waals surface area contributed by atoms with Crippen molar-refractivity contribution in [2.75, 3.05) is 12.3 Å². The van der Waals surface area contributed by atoms with Crippen LogP contribution in [0.4, 0.5) is 0 Å². The fourth-order valence-corrected chi connectivity index (χ4v) is 1.68. The molecule has 1 aromatic carbocycles. The number of sulfonamides is 1. The van der Waals surface area contributed by atoms with Crippen LogP contribution in [0.3, 0.4) is 0 Å². The maximum atomic E-state index is 11.1. The van der Waals surface area contributed by atoms with Gasteiger partial charge in [-0.25, -0.2) is 13.1 Å². The van der Waals surface area contributed by atoms with Crippen molar-refractivity contribution in [3.63, 3.8) is 0 Å². The first-order valence-corrected chi connectivity index (χ1v) is 7.17. The summed E-state index contributed by atoms with van der Waals surface area (Å²) >= 11 is 0. The Kier molecular flexibility index (Phi) is 5.08. The molecule has 1 rings (SSSR count). The van der Waals surface area contributed by atoms with Gasteiger partial charge in [-0.1, -0.05) is 24.0 Å². The molecule has 0 saturated heterocycles. The molecule has 96 valence electrons. The number of carbonyl (C=O) groups is 1. The first kappa shape index (κ1) is 14.4. The van der Waals surface area contributed by atoms with Crippen LogP contribution in [0.1, 0.15) is 29.8 Å². The predicted molar refractivity (Wildman–Crippen MR) is 70.8 cm³/mol. The highest BCUT2D eigenvalue weighted by atomic mass is 32.2. The quantitative estimate of drug-likeness (QED) is 0.657. The van der Waals surface area contributed by atoms with Gasteiger partial charge in [0.2, 0.25) is 10.0 Å². The third kappa shape index (κ3) is 4.70. The lowest BCUT2D eigenvalue weighted by Crippen LogP contribution is -2.25. The van der Waals surface area contributed by atoms with Crippen molar-refractivity contribution < 1.29 is 13.2 Å². The monoisotopic (exact) mass is 265 g/mol. The molecule has 5 heteroatoms. The second kappa shape index (κ2) is 6.34. The zero-order chi connectivity index (χ0) is 13.6. The summed E-state index contributed by atoms with van der Waals surface area (Å²) in [6, 6.07) is 6.86. The average molecular weight is 265 g/mol. The van der Waals surface area contributed by atoms with E-state index in [9.17, 15) is 13.2 Å². The summed E-state index contributed by atoms with van der Waals surface area (Å²) in [4.78, 5) is 11.0. The van der Waals surface area contributed by atoms with Gasteiger partial charge in [-0.15, -0.1) is 0 Å². The Labute approximate surface area is 107 Å². The zero-order valence-electron chi connectivity index (χ0n) is 10.4. The average Bonchev–Trinajstić information content (AvgIpc) is 2.35. The summed E-state index contributed by atoms with van der Waals surface area (Å²) in [6.07, 6.45) is 0. The summed E-state index contributed by atoms with van der Waals surface area (Å²) in [7, 11) is -3.19. The van der Waals surface area contributed by atoms with Gasteiger partial charge in [0, 0.05) is 11.1 Å². The van der Waals surface area contributed by atoms with E-state index < -0.39 is 10.0 Å². The fraction of sp³-hybridized carbons (Fsp3) is 0.308. The van der Waals surface area contributed by atoms with Crippen LogP contribution in [0.15, 0.2) is 24.3 Å². The number of rotatable bonds is 4. The molecule has 0 fully saturated rings. The molecular weight excluding hydrogens is 250 g/mol. The topological polar surface area (TPSA) is 63.2 Å². The van der Waals surface area contributed by atoms with E-state index in [-0.39, 0.29) is 18.1 Å². The molecule has 1 N–H and O–H groups in total. The molecule has 0 aliphatic rings. The van der Waals surface area contributed by atoms with Gasteiger partial charge >= 0.3 is 0 Å². The van der Waals surface area contributed by atoms with Crippen LogP contribution in [0, 0.1) is 11.8 Å². The number of benzene rings is 1. The molecule has 0 bridgehead atoms. The highest BCUT2D eigenvalue weighted by molar-refractivity contribution is 7.89. The highest BCUT2D eigenvalue weighted by Gasteiger charge is 2.02. The van der Waals surface area contributed by atoms with E-state index in [1.807, 2.05) is 0 Å². The van der Waals surface area contributed by atoms with E-state index in [1.54, 1.807) is 31.2 Å². The van der Waals surface area contributed by atoms with Crippen molar-refractivity contribution in [1.82, 2.24) is 4.72 Å². The molecule has 0 aliphatic heterocycles. The van der Waals surface area contributed by atoms with Crippen LogP contribution < -0.4 is 4.72 Å². The molecule has 1 aromatic rings. The van der Waals surface area contributed by atoms with Gasteiger partial charge in [0.05, 0.1) is 12.3 Å². The number of Topliss-reactive ketones (excluding diaryl/α,β-unsaturated/α-hetero) is 1. The minimum absolute atomic E-state index is 0.00483. The fourth-order valence-electron chi connectivity index (χ4n) is 1.18. The second-order valence-corrected chi connectivity index (χ2v) is 5.76. The van der Waals surface area contributed by atoms with E-state index >= 15 is 0 Å². The Morgan fingerprint density at radius 1 is 1.28 bits per heavy atom. The summed E-state index contributed by atoms with van der Waals surface area (Å²) < 4.78 is 24.6. The number of nitrogens with one attached hydrogen (secondary N) is 1. The molecule has 0 aromatic heterocycles. The number of hydrogen-bond acceptors (Lipinski definition) is 3. The van der Waals surface area contributed by atoms with Gasteiger partial charge in [0.25, 0.3) is 0 Å². The van der Waals surface area contributed by atoms with Crippen LogP contribution >= 0.6 is 0 Å². The van der Waals surface area contributed by atoms with Crippen LogP contribution in [0.25, 0.3) is 0 Å². The van der Waals surface area contributed by atoms with Crippen molar-refractivity contribution in [3.05, 3.63) is 35.4 Å². The number of carbonyl (C=O) groups excluding carboxylic acids is 1. The van der Waals surface area contributed by atoms with Crippen molar-refractivity contribution in [3.8, 4) is 11.8 Å². The Morgan fingerprint density at radius 2 is 1.89 bits per heavy atom. The summed E-state index contributed by atoms with van der Waals surface area (Å²) in [5.41, 5.74) is 1.38. The maximum Gasteiger partial charge on any atom is 0.212 e. The van der Waals surface area contributed by atoms with Crippen molar-refractivity contribution in [2.45, 2.75) is 13.8 Å². The Bertz CT molecular complexity index is 577. The lowest BCUT2D eigenvalue weighted by molar-refractivity contribution is 0.101. The number of hydrogen-bond donors (Lipinski definition) is 1. The van der Waals surface area contributed by atoms with Crippen LogP contribution in [0.2, 0.25) is 0 Å². The summed E-state index contributed by atoms with van der Waals surface area (Å²) in [5, 5.41) is 0. The molecule has 18 heavy (non-hydrogen) atoms. The van der Waals surface area contributed by atoms with Crippen LogP contribution in [-0.2, 0) is 10.0 Å². The van der Waals surface area contributed by atoms with Gasteiger partial charge in [-0.05, 0) is 26.0 Å². The Hall–Kier alpha value is -1.64. The molecular formula is C13H15NO3S. The molecule has 0 radical (unpaired) electrons. The molecule has 0 atom stereocenters. The standard InChI is InChI=1S/C13H15NO3S/c1-3-18(16,17)14-10-4-5-12-6-8-13(9-7-12)11(2)15/h6-9,14H,3,10H2,1-2H3. The maximum absolute atomic E-state index is 11.1. The van der Waals surface area contributed by atoms with Crippen molar-refractivity contribution in [1.29, 1.82) is 0 Å². The minimum Gasteiger partial charge on any atom is -0.295 e. The summed E-state index contributed by atoms with van der Waals surface area (Å²) in [5.74, 6) is 5.58. The van der Waals surface area contributed by atoms with Gasteiger partial charge in [-0.2, -0.15) is 0 Å². The van der Waals surface area contributed by atoms with Crippen molar-refractivity contribution >= 4 is 15.8 Å². The van der Waals surface area contributed by atoms with Gasteiger partial charge in [0.1, 0.15) is 0 Å². The first-order valence-electron chi connectivity index (χ1n) is 5.52. The first-order chi connectivity index (χ1) is 8.44. The molecule has 0 unspecified atom stereocenters. The molecule has 0 heterocycles. The van der Waals surface area contributed by atoms with Crippen LogP contribution in [0.5, 0.6) is 0 Å². The van der Waals surface area contributed by atoms with Crippen LogP contribution in [-0.4, -0.2) is 26.5 Å². The molecule has 4 nitrogen and oxygen atoms in total. The predicted octanol–water partition coefficient (Wildman–Crippen LogP) is 1.18. The Balaban J connectivity index is 2.61. The molecule has 0 amide bonds. The van der Waals surface area contributed by atoms with Crippen molar-refractivity contribution in [2.24, 2.45) is 0 Å².